The normalized spacial score (nSPS) is 16.9. The zero-order chi connectivity index (χ0) is 19.2. The Balaban J connectivity index is 1.74. The predicted molar refractivity (Wildman–Crippen MR) is 105 cm³/mol. The molecule has 0 saturated carbocycles. The molecule has 1 aromatic heterocycles. The summed E-state index contributed by atoms with van der Waals surface area (Å²) in [4.78, 5) is 25.9. The monoisotopic (exact) mass is 385 g/mol. The number of carbonyl (C=O) groups is 2. The van der Waals surface area contributed by atoms with Gasteiger partial charge in [-0.3, -0.25) is 14.2 Å². The van der Waals surface area contributed by atoms with Gasteiger partial charge in [0.05, 0.1) is 5.75 Å². The molecule has 2 amide bonds. The Hall–Kier alpha value is -2.61. The number of aromatic nitrogens is 3. The highest BCUT2D eigenvalue weighted by Crippen LogP contribution is 2.25. The first-order valence-corrected chi connectivity index (χ1v) is 9.91. The van der Waals surface area contributed by atoms with E-state index in [0.29, 0.717) is 24.7 Å². The number of likely N-dealkylation sites (tertiary alicyclic amines) is 1. The average Bonchev–Trinajstić information content (AvgIpc) is 3.09. The van der Waals surface area contributed by atoms with Crippen LogP contribution in [0.5, 0.6) is 0 Å². The zero-order valence-electron chi connectivity index (χ0n) is 15.1. The lowest BCUT2D eigenvalue weighted by atomic mass is 10.0. The van der Waals surface area contributed by atoms with Crippen LogP contribution in [-0.2, 0) is 16.1 Å². The summed E-state index contributed by atoms with van der Waals surface area (Å²) in [6, 6.07) is 9.26. The van der Waals surface area contributed by atoms with Crippen LogP contribution in [0.25, 0.3) is 11.4 Å². The van der Waals surface area contributed by atoms with Crippen molar-refractivity contribution in [1.29, 1.82) is 0 Å². The molecule has 0 spiro atoms. The van der Waals surface area contributed by atoms with Crippen LogP contribution in [0.3, 0.4) is 0 Å². The Labute approximate surface area is 162 Å². The number of piperidine rings is 1. The molecule has 0 aliphatic carbocycles. The standard InChI is InChI=1S/C19H23N5O2S/c1-2-11-24-18(14-8-4-3-5-9-14)21-22-19(24)27-13-16(25)23-12-7-6-10-15(23)17(20)26/h2-5,8-9,15H,1,6-7,10-13H2,(H2,20,26). The van der Waals surface area contributed by atoms with Crippen molar-refractivity contribution in [3.63, 3.8) is 0 Å². The van der Waals surface area contributed by atoms with E-state index < -0.39 is 11.9 Å². The van der Waals surface area contributed by atoms with Gasteiger partial charge in [0, 0.05) is 18.7 Å². The van der Waals surface area contributed by atoms with Crippen molar-refractivity contribution in [2.45, 2.75) is 37.0 Å². The summed E-state index contributed by atoms with van der Waals surface area (Å²) in [5, 5.41) is 9.18. The van der Waals surface area contributed by atoms with Gasteiger partial charge >= 0.3 is 0 Å². The van der Waals surface area contributed by atoms with Gasteiger partial charge < -0.3 is 10.6 Å². The maximum atomic E-state index is 12.7. The topological polar surface area (TPSA) is 94.1 Å². The first-order chi connectivity index (χ1) is 13.1. The van der Waals surface area contributed by atoms with Gasteiger partial charge in [-0.1, -0.05) is 48.2 Å². The van der Waals surface area contributed by atoms with E-state index in [-0.39, 0.29) is 11.7 Å². The fourth-order valence-electron chi connectivity index (χ4n) is 3.23. The number of benzene rings is 1. The van der Waals surface area contributed by atoms with Gasteiger partial charge in [-0.05, 0) is 19.3 Å². The van der Waals surface area contributed by atoms with E-state index in [1.807, 2.05) is 34.9 Å². The molecule has 1 atom stereocenters. The van der Waals surface area contributed by atoms with Gasteiger partial charge in [-0.15, -0.1) is 16.8 Å². The minimum absolute atomic E-state index is 0.0992. The first kappa shape index (κ1) is 19.2. The van der Waals surface area contributed by atoms with E-state index in [2.05, 4.69) is 16.8 Å². The number of rotatable bonds is 7. The van der Waals surface area contributed by atoms with Crippen LogP contribution in [0, 0.1) is 0 Å². The molecule has 2 N–H and O–H groups in total. The molecule has 3 rings (SSSR count). The highest BCUT2D eigenvalue weighted by Gasteiger charge is 2.30. The summed E-state index contributed by atoms with van der Waals surface area (Å²) >= 11 is 1.32. The van der Waals surface area contributed by atoms with Crippen molar-refractivity contribution in [2.24, 2.45) is 5.73 Å². The third-order valence-electron chi connectivity index (χ3n) is 4.54. The number of nitrogens with zero attached hydrogens (tertiary/aromatic N) is 4. The van der Waals surface area contributed by atoms with Crippen LogP contribution in [0.15, 0.2) is 48.1 Å². The molecule has 1 unspecified atom stereocenters. The quantitative estimate of drug-likeness (QED) is 0.582. The molecular weight excluding hydrogens is 362 g/mol. The van der Waals surface area contributed by atoms with Crippen molar-refractivity contribution in [1.82, 2.24) is 19.7 Å². The molecule has 8 heteroatoms. The number of allylic oxidation sites excluding steroid dienone is 1. The Morgan fingerprint density at radius 1 is 1.26 bits per heavy atom. The Morgan fingerprint density at radius 2 is 2.04 bits per heavy atom. The van der Waals surface area contributed by atoms with Gasteiger partial charge in [0.1, 0.15) is 6.04 Å². The van der Waals surface area contributed by atoms with Crippen molar-refractivity contribution in [3.05, 3.63) is 43.0 Å². The smallest absolute Gasteiger partial charge is 0.240 e. The molecule has 1 aromatic carbocycles. The highest BCUT2D eigenvalue weighted by molar-refractivity contribution is 7.99. The molecule has 1 aliphatic rings. The molecular formula is C19H23N5O2S. The van der Waals surface area contributed by atoms with Crippen LogP contribution in [0.2, 0.25) is 0 Å². The molecule has 27 heavy (non-hydrogen) atoms. The number of nitrogens with two attached hydrogens (primary N) is 1. The number of thioether (sulfide) groups is 1. The molecule has 1 fully saturated rings. The largest absolute Gasteiger partial charge is 0.368 e. The van der Waals surface area contributed by atoms with Gasteiger partial charge in [0.25, 0.3) is 0 Å². The number of carbonyl (C=O) groups excluding carboxylic acids is 2. The Morgan fingerprint density at radius 3 is 2.74 bits per heavy atom. The minimum atomic E-state index is -0.502. The lowest BCUT2D eigenvalue weighted by molar-refractivity contribution is -0.138. The van der Waals surface area contributed by atoms with Gasteiger partial charge in [-0.2, -0.15) is 0 Å². The summed E-state index contributed by atoms with van der Waals surface area (Å²) in [5.74, 6) is 0.388. The number of hydrogen-bond acceptors (Lipinski definition) is 5. The fourth-order valence-corrected chi connectivity index (χ4v) is 4.06. The maximum absolute atomic E-state index is 12.7. The van der Waals surface area contributed by atoms with Crippen LogP contribution in [-0.4, -0.2) is 49.8 Å². The molecule has 142 valence electrons. The molecule has 0 bridgehead atoms. The van der Waals surface area contributed by atoms with E-state index in [0.717, 1.165) is 24.2 Å². The van der Waals surface area contributed by atoms with Crippen molar-refractivity contribution in [3.8, 4) is 11.4 Å². The van der Waals surface area contributed by atoms with Crippen LogP contribution in [0.1, 0.15) is 19.3 Å². The van der Waals surface area contributed by atoms with E-state index in [1.54, 1.807) is 11.0 Å². The van der Waals surface area contributed by atoms with E-state index >= 15 is 0 Å². The zero-order valence-corrected chi connectivity index (χ0v) is 15.9. The SMILES string of the molecule is C=CCn1c(SCC(=O)N2CCCCC2C(N)=O)nnc1-c1ccccc1. The molecule has 0 radical (unpaired) electrons. The van der Waals surface area contributed by atoms with E-state index in [1.165, 1.54) is 11.8 Å². The summed E-state index contributed by atoms with van der Waals surface area (Å²) in [6.07, 6.45) is 4.22. The molecule has 2 aromatic rings. The van der Waals surface area contributed by atoms with E-state index in [9.17, 15) is 9.59 Å². The number of amides is 2. The number of hydrogen-bond donors (Lipinski definition) is 1. The Bertz CT molecular complexity index is 821. The minimum Gasteiger partial charge on any atom is -0.368 e. The van der Waals surface area contributed by atoms with Gasteiger partial charge in [0.2, 0.25) is 11.8 Å². The third kappa shape index (κ3) is 4.39. The summed E-state index contributed by atoms with van der Waals surface area (Å²) in [5.41, 5.74) is 6.41. The van der Waals surface area contributed by atoms with E-state index in [4.69, 9.17) is 5.73 Å². The lowest BCUT2D eigenvalue weighted by Gasteiger charge is -2.33. The predicted octanol–water partition coefficient (Wildman–Crippen LogP) is 2.09. The molecule has 7 nitrogen and oxygen atoms in total. The van der Waals surface area contributed by atoms with Crippen molar-refractivity contribution < 1.29 is 9.59 Å². The second-order valence-corrected chi connectivity index (χ2v) is 7.30. The average molecular weight is 385 g/mol. The third-order valence-corrected chi connectivity index (χ3v) is 5.49. The van der Waals surface area contributed by atoms with Crippen LogP contribution in [0.4, 0.5) is 0 Å². The van der Waals surface area contributed by atoms with Gasteiger partial charge in [-0.25, -0.2) is 0 Å². The summed E-state index contributed by atoms with van der Waals surface area (Å²) in [6.45, 7) is 4.91. The van der Waals surface area contributed by atoms with Crippen molar-refractivity contribution in [2.75, 3.05) is 12.3 Å². The van der Waals surface area contributed by atoms with Crippen LogP contribution >= 0.6 is 11.8 Å². The molecule has 1 aliphatic heterocycles. The lowest BCUT2D eigenvalue weighted by Crippen LogP contribution is -2.51. The second kappa shape index (κ2) is 8.85. The molecule has 1 saturated heterocycles. The summed E-state index contributed by atoms with van der Waals surface area (Å²) < 4.78 is 1.93. The maximum Gasteiger partial charge on any atom is 0.240 e. The van der Waals surface area contributed by atoms with Crippen LogP contribution < -0.4 is 5.73 Å². The summed E-state index contributed by atoms with van der Waals surface area (Å²) in [7, 11) is 0. The number of primary amides is 1. The fraction of sp³-hybridized carbons (Fsp3) is 0.368. The van der Waals surface area contributed by atoms with Gasteiger partial charge in [0.15, 0.2) is 11.0 Å². The Kier molecular flexibility index (Phi) is 6.28. The van der Waals surface area contributed by atoms with Crippen molar-refractivity contribution >= 4 is 23.6 Å². The second-order valence-electron chi connectivity index (χ2n) is 6.36. The molecule has 2 heterocycles. The highest BCUT2D eigenvalue weighted by atomic mass is 32.2. The first-order valence-electron chi connectivity index (χ1n) is 8.93.